The maximum atomic E-state index is 13.7. The van der Waals surface area contributed by atoms with Gasteiger partial charge in [0.1, 0.15) is 12.4 Å². The molecule has 196 valence electrons. The van der Waals surface area contributed by atoms with Crippen molar-refractivity contribution >= 4 is 35.0 Å². The lowest BCUT2D eigenvalue weighted by Gasteiger charge is -2.24. The molecule has 38 heavy (non-hydrogen) atoms. The van der Waals surface area contributed by atoms with E-state index >= 15 is 0 Å². The molecule has 1 aliphatic heterocycles. The highest BCUT2D eigenvalue weighted by atomic mass is 35.5. The van der Waals surface area contributed by atoms with Gasteiger partial charge in [-0.2, -0.15) is 0 Å². The lowest BCUT2D eigenvalue weighted by molar-refractivity contribution is -0.139. The van der Waals surface area contributed by atoms with E-state index in [4.69, 9.17) is 32.2 Å². The summed E-state index contributed by atoms with van der Waals surface area (Å²) in [7, 11) is 0. The van der Waals surface area contributed by atoms with Gasteiger partial charge >= 0.3 is 5.97 Å². The zero-order valence-corrected chi connectivity index (χ0v) is 22.5. The number of carbonyl (C=O) groups excluding carboxylic acids is 1. The Labute approximate surface area is 227 Å². The van der Waals surface area contributed by atoms with Crippen LogP contribution >= 0.6 is 22.9 Å². The van der Waals surface area contributed by atoms with E-state index in [9.17, 15) is 14.0 Å². The summed E-state index contributed by atoms with van der Waals surface area (Å²) in [6, 6.07) is 8.15. The fraction of sp³-hybridized carbons (Fsp3) is 0.250. The van der Waals surface area contributed by atoms with E-state index in [0.717, 1.165) is 11.3 Å². The summed E-state index contributed by atoms with van der Waals surface area (Å²) in [5.41, 5.74) is 1.40. The predicted molar refractivity (Wildman–Crippen MR) is 144 cm³/mol. The second-order valence-electron chi connectivity index (χ2n) is 8.11. The molecule has 0 aliphatic carbocycles. The van der Waals surface area contributed by atoms with E-state index in [1.807, 2.05) is 6.92 Å². The number of esters is 1. The van der Waals surface area contributed by atoms with Crippen LogP contribution in [0.15, 0.2) is 57.5 Å². The second-order valence-corrected chi connectivity index (χ2v) is 9.53. The van der Waals surface area contributed by atoms with Crippen molar-refractivity contribution < 1.29 is 23.4 Å². The van der Waals surface area contributed by atoms with E-state index in [1.165, 1.54) is 28.8 Å². The van der Waals surface area contributed by atoms with Gasteiger partial charge in [-0.15, -0.1) is 6.42 Å². The number of allylic oxidation sites excluding steroid dienone is 1. The van der Waals surface area contributed by atoms with E-state index in [0.29, 0.717) is 44.3 Å². The van der Waals surface area contributed by atoms with Crippen molar-refractivity contribution in [3.8, 4) is 23.8 Å². The Hall–Kier alpha value is -3.87. The minimum Gasteiger partial charge on any atom is -0.490 e. The van der Waals surface area contributed by atoms with E-state index in [-0.39, 0.29) is 29.4 Å². The summed E-state index contributed by atoms with van der Waals surface area (Å²) >= 11 is 7.61. The summed E-state index contributed by atoms with van der Waals surface area (Å²) < 4.78 is 32.0. The highest BCUT2D eigenvalue weighted by Gasteiger charge is 2.33. The van der Waals surface area contributed by atoms with Gasteiger partial charge in [0.2, 0.25) is 0 Å². The maximum absolute atomic E-state index is 13.7. The van der Waals surface area contributed by atoms with Crippen molar-refractivity contribution in [3.63, 3.8) is 0 Å². The Bertz CT molecular complexity index is 1630. The number of ether oxygens (including phenoxy) is 3. The number of terminal acetylenes is 1. The first kappa shape index (κ1) is 27.2. The number of fused-ring (bicyclic) bond motifs is 1. The minimum absolute atomic E-state index is 0.0171. The van der Waals surface area contributed by atoms with E-state index in [2.05, 4.69) is 10.9 Å². The average Bonchev–Trinajstić information content (AvgIpc) is 3.17. The van der Waals surface area contributed by atoms with Gasteiger partial charge in [-0.3, -0.25) is 9.36 Å². The van der Waals surface area contributed by atoms with Crippen molar-refractivity contribution in [2.24, 2.45) is 4.99 Å². The highest BCUT2D eigenvalue weighted by molar-refractivity contribution is 7.07. The molecular weight excluding hydrogens is 531 g/mol. The van der Waals surface area contributed by atoms with Crippen LogP contribution in [0, 0.1) is 18.2 Å². The summed E-state index contributed by atoms with van der Waals surface area (Å²) in [6.07, 6.45) is 6.96. The summed E-state index contributed by atoms with van der Waals surface area (Å²) in [6.45, 7) is 5.73. The van der Waals surface area contributed by atoms with Crippen molar-refractivity contribution in [2.45, 2.75) is 26.8 Å². The molecule has 0 fully saturated rings. The molecule has 0 amide bonds. The third-order valence-corrected chi connectivity index (χ3v) is 6.90. The molecule has 0 spiro atoms. The molecule has 10 heteroatoms. The Kier molecular flexibility index (Phi) is 8.35. The van der Waals surface area contributed by atoms with Gasteiger partial charge in [0, 0.05) is 0 Å². The first-order chi connectivity index (χ1) is 18.3. The lowest BCUT2D eigenvalue weighted by Crippen LogP contribution is -2.39. The maximum Gasteiger partial charge on any atom is 0.338 e. The van der Waals surface area contributed by atoms with Crippen LogP contribution in [0.3, 0.4) is 0 Å². The van der Waals surface area contributed by atoms with Crippen LogP contribution in [0.1, 0.15) is 37.9 Å². The number of hydrogen-bond donors (Lipinski definition) is 0. The topological polar surface area (TPSA) is 79.1 Å². The molecule has 1 unspecified atom stereocenters. The Balaban J connectivity index is 1.90. The van der Waals surface area contributed by atoms with Crippen molar-refractivity contribution in [1.82, 2.24) is 4.57 Å². The van der Waals surface area contributed by atoms with Crippen LogP contribution in [0.25, 0.3) is 6.08 Å². The van der Waals surface area contributed by atoms with Gasteiger partial charge in [-0.25, -0.2) is 14.2 Å². The summed E-state index contributed by atoms with van der Waals surface area (Å²) in [5.74, 6) is 2.07. The van der Waals surface area contributed by atoms with Gasteiger partial charge < -0.3 is 14.2 Å². The monoisotopic (exact) mass is 554 g/mol. The fourth-order valence-electron chi connectivity index (χ4n) is 4.09. The predicted octanol–water partition coefficient (Wildman–Crippen LogP) is 4.00. The van der Waals surface area contributed by atoms with Crippen LogP contribution < -0.4 is 24.4 Å². The second kappa shape index (κ2) is 11.7. The van der Waals surface area contributed by atoms with Crippen LogP contribution in [-0.2, 0) is 9.53 Å². The number of nitrogens with zero attached hydrogens (tertiary/aromatic N) is 2. The molecular formula is C28H24ClFN2O5S. The van der Waals surface area contributed by atoms with E-state index < -0.39 is 17.8 Å². The molecule has 3 aromatic rings. The molecule has 0 saturated heterocycles. The third-order valence-electron chi connectivity index (χ3n) is 5.63. The Morgan fingerprint density at radius 2 is 1.97 bits per heavy atom. The minimum atomic E-state index is -0.838. The quantitative estimate of drug-likeness (QED) is 0.311. The van der Waals surface area contributed by atoms with Crippen molar-refractivity contribution in [1.29, 1.82) is 0 Å². The zero-order chi connectivity index (χ0) is 27.4. The normalized spacial score (nSPS) is 14.9. The number of carbonyl (C=O) groups is 1. The van der Waals surface area contributed by atoms with Gasteiger partial charge in [0.25, 0.3) is 5.56 Å². The van der Waals surface area contributed by atoms with Crippen molar-refractivity contribution in [2.75, 3.05) is 19.8 Å². The summed E-state index contributed by atoms with van der Waals surface area (Å²) in [4.78, 5) is 31.6. The molecule has 4 rings (SSSR count). The first-order valence-corrected chi connectivity index (χ1v) is 13.0. The molecule has 2 heterocycles. The molecule has 1 aromatic heterocycles. The lowest BCUT2D eigenvalue weighted by atomic mass is 9.96. The number of thiazole rings is 1. The SMILES string of the molecule is C#CCOc1c(Cl)cc(C=c2sc3n(c2=O)C(c2ccc(F)cc2)C(C(=O)OCC)=C(C)N=3)cc1OCC. The molecule has 0 bridgehead atoms. The molecule has 7 nitrogen and oxygen atoms in total. The zero-order valence-electron chi connectivity index (χ0n) is 20.9. The molecule has 1 atom stereocenters. The van der Waals surface area contributed by atoms with Crippen LogP contribution in [-0.4, -0.2) is 30.4 Å². The Morgan fingerprint density at radius 1 is 1.24 bits per heavy atom. The number of aromatic nitrogens is 1. The number of halogens is 2. The van der Waals surface area contributed by atoms with Gasteiger partial charge in [-0.1, -0.05) is 41.0 Å². The Morgan fingerprint density at radius 3 is 2.63 bits per heavy atom. The highest BCUT2D eigenvalue weighted by Crippen LogP contribution is 2.37. The standard InChI is InChI=1S/C28H24ClFN2O5S/c1-5-12-37-25-20(29)13-17(14-21(25)35-6-2)15-22-26(33)32-24(18-8-10-19(30)11-9-18)23(27(34)36-7-3)16(4)31-28(32)38-22/h1,8-11,13-15,24H,6-7,12H2,2-4H3. The summed E-state index contributed by atoms with van der Waals surface area (Å²) in [5, 5.41) is 0.273. The van der Waals surface area contributed by atoms with Crippen LogP contribution in [0.5, 0.6) is 11.5 Å². The smallest absolute Gasteiger partial charge is 0.338 e. The number of benzene rings is 2. The number of hydrogen-bond acceptors (Lipinski definition) is 7. The van der Waals surface area contributed by atoms with Gasteiger partial charge in [0.15, 0.2) is 16.3 Å². The average molecular weight is 555 g/mol. The van der Waals surface area contributed by atoms with Crippen LogP contribution in [0.4, 0.5) is 4.39 Å². The van der Waals surface area contributed by atoms with Crippen LogP contribution in [0.2, 0.25) is 5.02 Å². The third kappa shape index (κ3) is 5.37. The van der Waals surface area contributed by atoms with Gasteiger partial charge in [-0.05, 0) is 62.2 Å². The first-order valence-electron chi connectivity index (χ1n) is 11.8. The number of rotatable bonds is 8. The van der Waals surface area contributed by atoms with E-state index in [1.54, 1.807) is 32.1 Å². The van der Waals surface area contributed by atoms with Crippen molar-refractivity contribution in [3.05, 3.63) is 89.3 Å². The molecule has 2 aromatic carbocycles. The fourth-order valence-corrected chi connectivity index (χ4v) is 5.41. The molecule has 0 saturated carbocycles. The molecule has 0 radical (unpaired) electrons. The molecule has 1 aliphatic rings. The largest absolute Gasteiger partial charge is 0.490 e. The van der Waals surface area contributed by atoms with Gasteiger partial charge in [0.05, 0.1) is 40.1 Å². The molecule has 0 N–H and O–H groups in total.